The Morgan fingerprint density at radius 3 is 2.67 bits per heavy atom. The number of benzene rings is 1. The van der Waals surface area contributed by atoms with Gasteiger partial charge in [0.05, 0.1) is 19.3 Å². The van der Waals surface area contributed by atoms with Gasteiger partial charge in [-0.2, -0.15) is 0 Å². The number of hydrogen-bond acceptors (Lipinski definition) is 3. The van der Waals surface area contributed by atoms with Gasteiger partial charge < -0.3 is 15.0 Å². The standard InChI is InChI=1S/C17H26N2O2/c1-5-15-12-21-11-10-19(15)16(20)17(3,4)18-14-8-6-13(2)7-9-14/h6-9,15,18H,5,10-12H2,1-4H3. The van der Waals surface area contributed by atoms with Gasteiger partial charge in [0.1, 0.15) is 5.54 Å². The summed E-state index contributed by atoms with van der Waals surface area (Å²) in [5, 5.41) is 3.36. The molecule has 0 spiro atoms. The van der Waals surface area contributed by atoms with Crippen molar-refractivity contribution in [3.63, 3.8) is 0 Å². The predicted octanol–water partition coefficient (Wildman–Crippen LogP) is 2.82. The number of nitrogens with one attached hydrogen (secondary N) is 1. The van der Waals surface area contributed by atoms with Crippen LogP contribution in [-0.2, 0) is 9.53 Å². The van der Waals surface area contributed by atoms with E-state index in [0.29, 0.717) is 19.8 Å². The van der Waals surface area contributed by atoms with Crippen LogP contribution in [0.15, 0.2) is 24.3 Å². The quantitative estimate of drug-likeness (QED) is 0.927. The zero-order chi connectivity index (χ0) is 15.5. The summed E-state index contributed by atoms with van der Waals surface area (Å²) in [4.78, 5) is 14.8. The summed E-state index contributed by atoms with van der Waals surface area (Å²) < 4.78 is 5.48. The third-order valence-corrected chi connectivity index (χ3v) is 4.00. The predicted molar refractivity (Wildman–Crippen MR) is 85.5 cm³/mol. The maximum Gasteiger partial charge on any atom is 0.248 e. The van der Waals surface area contributed by atoms with Gasteiger partial charge >= 0.3 is 0 Å². The Kier molecular flexibility index (Phi) is 4.88. The van der Waals surface area contributed by atoms with Gasteiger partial charge in [-0.3, -0.25) is 4.79 Å². The number of carbonyl (C=O) groups is 1. The Labute approximate surface area is 127 Å². The first kappa shape index (κ1) is 15.8. The van der Waals surface area contributed by atoms with E-state index in [2.05, 4.69) is 19.2 Å². The molecule has 21 heavy (non-hydrogen) atoms. The summed E-state index contributed by atoms with van der Waals surface area (Å²) in [5.74, 6) is 0.137. The number of morpholine rings is 1. The monoisotopic (exact) mass is 290 g/mol. The van der Waals surface area contributed by atoms with E-state index in [1.165, 1.54) is 5.56 Å². The molecule has 1 heterocycles. The van der Waals surface area contributed by atoms with Gasteiger partial charge in [-0.05, 0) is 39.3 Å². The summed E-state index contributed by atoms with van der Waals surface area (Å²) in [6, 6.07) is 8.31. The van der Waals surface area contributed by atoms with E-state index in [1.54, 1.807) is 0 Å². The topological polar surface area (TPSA) is 41.6 Å². The Balaban J connectivity index is 2.10. The number of ether oxygens (including phenoxy) is 1. The number of amides is 1. The van der Waals surface area contributed by atoms with Crippen molar-refractivity contribution in [2.75, 3.05) is 25.1 Å². The lowest BCUT2D eigenvalue weighted by Gasteiger charge is -2.40. The van der Waals surface area contributed by atoms with Crippen molar-refractivity contribution in [2.45, 2.75) is 45.7 Å². The van der Waals surface area contributed by atoms with Gasteiger partial charge in [0, 0.05) is 12.2 Å². The second kappa shape index (κ2) is 6.48. The molecule has 116 valence electrons. The molecule has 0 saturated carbocycles. The zero-order valence-electron chi connectivity index (χ0n) is 13.5. The van der Waals surface area contributed by atoms with Gasteiger partial charge in [-0.1, -0.05) is 24.6 Å². The second-order valence-corrected chi connectivity index (χ2v) is 6.25. The minimum atomic E-state index is -0.625. The number of hydrogen-bond donors (Lipinski definition) is 1. The van der Waals surface area contributed by atoms with Gasteiger partial charge in [-0.15, -0.1) is 0 Å². The van der Waals surface area contributed by atoms with Crippen molar-refractivity contribution in [3.8, 4) is 0 Å². The molecule has 1 atom stereocenters. The second-order valence-electron chi connectivity index (χ2n) is 6.25. The van der Waals surface area contributed by atoms with E-state index < -0.39 is 5.54 Å². The zero-order valence-corrected chi connectivity index (χ0v) is 13.5. The Morgan fingerprint density at radius 1 is 1.38 bits per heavy atom. The summed E-state index contributed by atoms with van der Waals surface area (Å²) in [5.41, 5.74) is 1.56. The molecule has 0 bridgehead atoms. The Morgan fingerprint density at radius 2 is 2.05 bits per heavy atom. The van der Waals surface area contributed by atoms with Crippen LogP contribution >= 0.6 is 0 Å². The maximum absolute atomic E-state index is 12.9. The highest BCUT2D eigenvalue weighted by molar-refractivity contribution is 5.89. The lowest BCUT2D eigenvalue weighted by atomic mass is 10.00. The first-order valence-corrected chi connectivity index (χ1v) is 7.67. The van der Waals surface area contributed by atoms with Crippen LogP contribution in [-0.4, -0.2) is 42.1 Å². The molecule has 4 heteroatoms. The van der Waals surface area contributed by atoms with E-state index in [4.69, 9.17) is 4.74 Å². The molecule has 1 aliphatic heterocycles. The van der Waals surface area contributed by atoms with Crippen LogP contribution in [0.1, 0.15) is 32.8 Å². The summed E-state index contributed by atoms with van der Waals surface area (Å²) in [7, 11) is 0. The Hall–Kier alpha value is -1.55. The van der Waals surface area contributed by atoms with Gasteiger partial charge in [-0.25, -0.2) is 0 Å². The van der Waals surface area contributed by atoms with E-state index in [9.17, 15) is 4.79 Å². The van der Waals surface area contributed by atoms with Gasteiger partial charge in [0.2, 0.25) is 5.91 Å². The number of nitrogens with zero attached hydrogens (tertiary/aromatic N) is 1. The molecule has 1 unspecified atom stereocenters. The average molecular weight is 290 g/mol. The lowest BCUT2D eigenvalue weighted by molar-refractivity contribution is -0.143. The van der Waals surface area contributed by atoms with Gasteiger partial charge in [0.25, 0.3) is 0 Å². The molecule has 0 aromatic heterocycles. The van der Waals surface area contributed by atoms with Crippen molar-refractivity contribution >= 4 is 11.6 Å². The molecule has 1 aliphatic rings. The van der Waals surface area contributed by atoms with E-state index in [-0.39, 0.29) is 11.9 Å². The molecule has 1 saturated heterocycles. The molecule has 1 amide bonds. The fourth-order valence-corrected chi connectivity index (χ4v) is 2.67. The van der Waals surface area contributed by atoms with Crippen LogP contribution in [0.5, 0.6) is 0 Å². The third-order valence-electron chi connectivity index (χ3n) is 4.00. The highest BCUT2D eigenvalue weighted by Gasteiger charge is 2.36. The van der Waals surface area contributed by atoms with Crippen molar-refractivity contribution in [1.29, 1.82) is 0 Å². The summed E-state index contributed by atoms with van der Waals surface area (Å²) in [6.07, 6.45) is 0.923. The van der Waals surface area contributed by atoms with Crippen LogP contribution in [0.4, 0.5) is 5.69 Å². The molecule has 2 rings (SSSR count). The minimum absolute atomic E-state index is 0.137. The summed E-state index contributed by atoms with van der Waals surface area (Å²) in [6.45, 7) is 9.98. The van der Waals surface area contributed by atoms with E-state index in [0.717, 1.165) is 12.1 Å². The minimum Gasteiger partial charge on any atom is -0.377 e. The van der Waals surface area contributed by atoms with Gasteiger partial charge in [0.15, 0.2) is 0 Å². The molecule has 4 nitrogen and oxygen atoms in total. The average Bonchev–Trinajstić information content (AvgIpc) is 2.48. The van der Waals surface area contributed by atoms with Crippen LogP contribution in [0, 0.1) is 6.92 Å². The van der Waals surface area contributed by atoms with Crippen LogP contribution in [0.3, 0.4) is 0 Å². The smallest absolute Gasteiger partial charge is 0.248 e. The molecular weight excluding hydrogens is 264 g/mol. The molecule has 1 fully saturated rings. The molecule has 0 radical (unpaired) electrons. The molecule has 1 aromatic carbocycles. The fraction of sp³-hybridized carbons (Fsp3) is 0.588. The third kappa shape index (κ3) is 3.76. The van der Waals surface area contributed by atoms with E-state index >= 15 is 0 Å². The molecule has 0 aliphatic carbocycles. The first-order valence-electron chi connectivity index (χ1n) is 7.67. The van der Waals surface area contributed by atoms with Crippen molar-refractivity contribution in [1.82, 2.24) is 4.90 Å². The number of anilines is 1. The first-order chi connectivity index (χ1) is 9.94. The molecule has 1 N–H and O–H groups in total. The highest BCUT2D eigenvalue weighted by Crippen LogP contribution is 2.21. The molecular formula is C17H26N2O2. The number of carbonyl (C=O) groups excluding carboxylic acids is 1. The largest absolute Gasteiger partial charge is 0.377 e. The van der Waals surface area contributed by atoms with Crippen molar-refractivity contribution in [3.05, 3.63) is 29.8 Å². The summed E-state index contributed by atoms with van der Waals surface area (Å²) >= 11 is 0. The van der Waals surface area contributed by atoms with Crippen molar-refractivity contribution < 1.29 is 9.53 Å². The SMILES string of the molecule is CCC1COCCN1C(=O)C(C)(C)Nc1ccc(C)cc1. The van der Waals surface area contributed by atoms with E-state index in [1.807, 2.05) is 43.0 Å². The maximum atomic E-state index is 12.9. The number of aryl methyl sites for hydroxylation is 1. The number of rotatable bonds is 4. The van der Waals surface area contributed by atoms with Crippen LogP contribution < -0.4 is 5.32 Å². The van der Waals surface area contributed by atoms with Crippen molar-refractivity contribution in [2.24, 2.45) is 0 Å². The van der Waals surface area contributed by atoms with Crippen LogP contribution in [0.2, 0.25) is 0 Å². The Bertz CT molecular complexity index is 482. The molecule has 1 aromatic rings. The fourth-order valence-electron chi connectivity index (χ4n) is 2.67. The lowest BCUT2D eigenvalue weighted by Crippen LogP contribution is -2.57. The highest BCUT2D eigenvalue weighted by atomic mass is 16.5. The normalized spacial score (nSPS) is 19.4. The van der Waals surface area contributed by atoms with Crippen LogP contribution in [0.25, 0.3) is 0 Å².